The van der Waals surface area contributed by atoms with Crippen molar-refractivity contribution in [1.82, 2.24) is 9.62 Å². The minimum absolute atomic E-state index is 0.0700. The normalized spacial score (nSPS) is 14.6. The van der Waals surface area contributed by atoms with Gasteiger partial charge in [-0.15, -0.1) is 0 Å². The fraction of sp³-hybridized carbons (Fsp3) is 0.333. The van der Waals surface area contributed by atoms with Crippen LogP contribution in [0.3, 0.4) is 0 Å². The highest BCUT2D eigenvalue weighted by molar-refractivity contribution is 7.89. The lowest BCUT2D eigenvalue weighted by atomic mass is 10.00. The fourth-order valence-electron chi connectivity index (χ4n) is 4.92. The molecule has 2 N–H and O–H groups in total. The first kappa shape index (κ1) is 30.8. The number of anilines is 1. The van der Waals surface area contributed by atoms with E-state index in [0.717, 1.165) is 33.3 Å². The molecule has 1 heterocycles. The molecule has 3 aromatic rings. The van der Waals surface area contributed by atoms with E-state index in [1.807, 2.05) is 44.2 Å². The van der Waals surface area contributed by atoms with Crippen molar-refractivity contribution in [3.63, 3.8) is 0 Å². The molecule has 3 aromatic carbocycles. The third kappa shape index (κ3) is 7.01. The van der Waals surface area contributed by atoms with Gasteiger partial charge in [-0.3, -0.25) is 19.7 Å². The zero-order valence-corrected chi connectivity index (χ0v) is 24.5. The summed E-state index contributed by atoms with van der Waals surface area (Å²) >= 11 is 0. The molecular weight excluding hydrogens is 560 g/mol. The monoisotopic (exact) mass is 594 g/mol. The second-order valence-electron chi connectivity index (χ2n) is 10.8. The first-order chi connectivity index (χ1) is 19.9. The van der Waals surface area contributed by atoms with Gasteiger partial charge in [-0.05, 0) is 53.8 Å². The van der Waals surface area contributed by atoms with Gasteiger partial charge in [-0.1, -0.05) is 44.2 Å². The molecule has 4 rings (SSSR count). The summed E-state index contributed by atoms with van der Waals surface area (Å²) in [6.45, 7) is 3.43. The number of hydrogen-bond acceptors (Lipinski definition) is 7. The molecule has 12 heteroatoms. The first-order valence-corrected chi connectivity index (χ1v) is 15.0. The van der Waals surface area contributed by atoms with Gasteiger partial charge in [-0.2, -0.15) is 4.31 Å². The Morgan fingerprint density at radius 3 is 2.36 bits per heavy atom. The number of nitrogens with one attached hydrogen (secondary N) is 1. The van der Waals surface area contributed by atoms with Crippen molar-refractivity contribution in [3.8, 4) is 0 Å². The molecule has 0 fully saturated rings. The maximum Gasteiger partial charge on any atom is 0.269 e. The lowest BCUT2D eigenvalue weighted by Gasteiger charge is -2.31. The fourth-order valence-corrected chi connectivity index (χ4v) is 6.54. The summed E-state index contributed by atoms with van der Waals surface area (Å²) in [7, 11) is -2.46. The standard InChI is InChI=1S/C30H34N4O7S/c1-20(2)18-33(42(40,41)25-12-10-24(11-13-25)34(38)39)19-28(35)26(15-21-7-5-4-6-8-21)31-30(37)22-9-14-27-23(16-22)17-29(36)32(27)3/h4-14,16,20,26,28,35H,15,17-19H2,1-3H3,(H,31,37). The minimum Gasteiger partial charge on any atom is -0.390 e. The zero-order valence-electron chi connectivity index (χ0n) is 23.6. The molecule has 0 bridgehead atoms. The summed E-state index contributed by atoms with van der Waals surface area (Å²) in [4.78, 5) is 37.3. The summed E-state index contributed by atoms with van der Waals surface area (Å²) in [5, 5.41) is 25.4. The number of nitro groups is 1. The molecular formula is C30H34N4O7S. The van der Waals surface area contributed by atoms with E-state index in [4.69, 9.17) is 0 Å². The minimum atomic E-state index is -4.14. The van der Waals surface area contributed by atoms with E-state index in [1.54, 1.807) is 25.2 Å². The SMILES string of the molecule is CC(C)CN(CC(O)C(Cc1ccccc1)NC(=O)c1ccc2c(c1)CC(=O)N2C)S(=O)(=O)c1ccc([N+](=O)[O-])cc1. The second-order valence-corrected chi connectivity index (χ2v) is 12.7. The van der Waals surface area contributed by atoms with Crippen molar-refractivity contribution < 1.29 is 28.0 Å². The van der Waals surface area contributed by atoms with Gasteiger partial charge in [0, 0.05) is 43.5 Å². The van der Waals surface area contributed by atoms with Crippen LogP contribution in [0, 0.1) is 16.0 Å². The summed E-state index contributed by atoms with van der Waals surface area (Å²) in [6, 6.07) is 17.9. The van der Waals surface area contributed by atoms with E-state index in [-0.39, 0.29) is 48.3 Å². The van der Waals surface area contributed by atoms with Crippen LogP contribution in [-0.4, -0.2) is 66.9 Å². The zero-order chi connectivity index (χ0) is 30.6. The summed E-state index contributed by atoms with van der Waals surface area (Å²) in [5.74, 6) is -0.632. The molecule has 1 aliphatic rings. The molecule has 1 aliphatic heterocycles. The molecule has 0 aromatic heterocycles. The average molecular weight is 595 g/mol. The Morgan fingerprint density at radius 2 is 1.74 bits per heavy atom. The number of non-ortho nitro benzene ring substituents is 1. The molecule has 0 saturated carbocycles. The number of benzene rings is 3. The average Bonchev–Trinajstić information content (AvgIpc) is 3.24. The Hall–Kier alpha value is -4.13. The van der Waals surface area contributed by atoms with Gasteiger partial charge in [0.1, 0.15) is 0 Å². The highest BCUT2D eigenvalue weighted by Gasteiger charge is 2.32. The third-order valence-corrected chi connectivity index (χ3v) is 8.99. The van der Waals surface area contributed by atoms with Gasteiger partial charge >= 0.3 is 0 Å². The highest BCUT2D eigenvalue weighted by Crippen LogP contribution is 2.28. The van der Waals surface area contributed by atoms with E-state index >= 15 is 0 Å². The predicted molar refractivity (Wildman–Crippen MR) is 158 cm³/mol. The Morgan fingerprint density at radius 1 is 1.07 bits per heavy atom. The number of hydrogen-bond donors (Lipinski definition) is 2. The predicted octanol–water partition coefficient (Wildman–Crippen LogP) is 3.16. The molecule has 0 aliphatic carbocycles. The maximum atomic E-state index is 13.6. The Kier molecular flexibility index (Phi) is 9.40. The van der Waals surface area contributed by atoms with Crippen molar-refractivity contribution in [3.05, 3.63) is 99.6 Å². The molecule has 0 saturated heterocycles. The van der Waals surface area contributed by atoms with Crippen LogP contribution in [0.2, 0.25) is 0 Å². The number of aliphatic hydroxyl groups excluding tert-OH is 1. The van der Waals surface area contributed by atoms with Crippen LogP contribution in [0.1, 0.15) is 35.3 Å². The molecule has 2 atom stereocenters. The number of aliphatic hydroxyl groups is 1. The van der Waals surface area contributed by atoms with E-state index in [2.05, 4.69) is 5.32 Å². The van der Waals surface area contributed by atoms with Gasteiger partial charge in [-0.25, -0.2) is 8.42 Å². The van der Waals surface area contributed by atoms with E-state index in [9.17, 15) is 33.2 Å². The molecule has 0 radical (unpaired) electrons. The number of fused-ring (bicyclic) bond motifs is 1. The van der Waals surface area contributed by atoms with Crippen molar-refractivity contribution in [2.45, 2.75) is 43.7 Å². The maximum absolute atomic E-state index is 13.6. The van der Waals surface area contributed by atoms with Gasteiger partial charge in [0.15, 0.2) is 0 Å². The quantitative estimate of drug-likeness (QED) is 0.242. The number of rotatable bonds is 12. The van der Waals surface area contributed by atoms with Crippen LogP contribution >= 0.6 is 0 Å². The third-order valence-electron chi connectivity index (χ3n) is 7.14. The lowest BCUT2D eigenvalue weighted by Crippen LogP contribution is -2.51. The van der Waals surface area contributed by atoms with Crippen LogP contribution < -0.4 is 10.2 Å². The highest BCUT2D eigenvalue weighted by atomic mass is 32.2. The van der Waals surface area contributed by atoms with Crippen molar-refractivity contribution >= 4 is 33.2 Å². The van der Waals surface area contributed by atoms with Crippen LogP contribution in [0.4, 0.5) is 11.4 Å². The first-order valence-electron chi connectivity index (χ1n) is 13.5. The molecule has 11 nitrogen and oxygen atoms in total. The van der Waals surface area contributed by atoms with Gasteiger partial charge in [0.2, 0.25) is 15.9 Å². The van der Waals surface area contributed by atoms with Gasteiger partial charge < -0.3 is 15.3 Å². The number of sulfonamides is 1. The Balaban J connectivity index is 1.60. The Bertz CT molecular complexity index is 1560. The molecule has 0 spiro atoms. The summed E-state index contributed by atoms with van der Waals surface area (Å²) in [5.41, 5.74) is 2.37. The number of nitro benzene ring substituents is 1. The number of amides is 2. The summed E-state index contributed by atoms with van der Waals surface area (Å²) in [6.07, 6.45) is -0.886. The second kappa shape index (κ2) is 12.8. The van der Waals surface area contributed by atoms with Gasteiger partial charge in [0.05, 0.1) is 28.4 Å². The smallest absolute Gasteiger partial charge is 0.269 e. The molecule has 222 valence electrons. The number of likely N-dealkylation sites (N-methyl/N-ethyl adjacent to an activating group) is 1. The summed E-state index contributed by atoms with van der Waals surface area (Å²) < 4.78 is 28.3. The number of carbonyl (C=O) groups is 2. The largest absolute Gasteiger partial charge is 0.390 e. The molecule has 42 heavy (non-hydrogen) atoms. The van der Waals surface area contributed by atoms with E-state index in [0.29, 0.717) is 5.56 Å². The van der Waals surface area contributed by atoms with Crippen LogP contribution in [0.15, 0.2) is 77.7 Å². The number of carbonyl (C=O) groups excluding carboxylic acids is 2. The topological polar surface area (TPSA) is 150 Å². The van der Waals surface area contributed by atoms with E-state index < -0.39 is 33.0 Å². The Labute approximate surface area is 245 Å². The van der Waals surface area contributed by atoms with Crippen LogP contribution in [0.25, 0.3) is 0 Å². The molecule has 2 amide bonds. The van der Waals surface area contributed by atoms with Crippen molar-refractivity contribution in [2.75, 3.05) is 25.0 Å². The molecule has 2 unspecified atom stereocenters. The van der Waals surface area contributed by atoms with Crippen LogP contribution in [0.5, 0.6) is 0 Å². The van der Waals surface area contributed by atoms with Gasteiger partial charge in [0.25, 0.3) is 11.6 Å². The van der Waals surface area contributed by atoms with Crippen LogP contribution in [-0.2, 0) is 27.7 Å². The van der Waals surface area contributed by atoms with E-state index in [1.165, 1.54) is 17.0 Å². The van der Waals surface area contributed by atoms with Crippen molar-refractivity contribution in [2.24, 2.45) is 5.92 Å². The number of nitrogens with zero attached hydrogens (tertiary/aromatic N) is 3. The van der Waals surface area contributed by atoms with Crippen molar-refractivity contribution in [1.29, 1.82) is 0 Å². The lowest BCUT2D eigenvalue weighted by molar-refractivity contribution is -0.384.